The standard InChI is InChI=1S/C19H20N4O/c1-13(14-8-4-3-5-9-14)22-19-18(20)21-12-16(23-19)15-10-6-7-11-17(15)24-2/h3-13H,1-2H3,(H2,20,21)(H,22,23)/t13-/m0/s1. The third kappa shape index (κ3) is 3.30. The molecule has 1 heterocycles. The van der Waals surface area contributed by atoms with Gasteiger partial charge in [0.2, 0.25) is 0 Å². The highest BCUT2D eigenvalue weighted by Crippen LogP contribution is 2.30. The monoisotopic (exact) mass is 320 g/mol. The van der Waals surface area contributed by atoms with Crippen LogP contribution in [0.2, 0.25) is 0 Å². The molecule has 2 aromatic carbocycles. The van der Waals surface area contributed by atoms with Crippen LogP contribution in [0.25, 0.3) is 11.3 Å². The zero-order valence-corrected chi connectivity index (χ0v) is 13.7. The van der Waals surface area contributed by atoms with E-state index < -0.39 is 0 Å². The number of ether oxygens (including phenoxy) is 1. The first-order chi connectivity index (χ1) is 11.7. The van der Waals surface area contributed by atoms with Crippen molar-refractivity contribution in [2.75, 3.05) is 18.2 Å². The van der Waals surface area contributed by atoms with E-state index in [4.69, 9.17) is 10.5 Å². The number of anilines is 2. The van der Waals surface area contributed by atoms with Crippen molar-refractivity contribution in [1.82, 2.24) is 9.97 Å². The summed E-state index contributed by atoms with van der Waals surface area (Å²) in [7, 11) is 1.64. The summed E-state index contributed by atoms with van der Waals surface area (Å²) < 4.78 is 5.40. The van der Waals surface area contributed by atoms with E-state index in [1.807, 2.05) is 42.5 Å². The largest absolute Gasteiger partial charge is 0.496 e. The highest BCUT2D eigenvalue weighted by atomic mass is 16.5. The quantitative estimate of drug-likeness (QED) is 0.745. The van der Waals surface area contributed by atoms with Gasteiger partial charge in [-0.1, -0.05) is 42.5 Å². The van der Waals surface area contributed by atoms with Gasteiger partial charge >= 0.3 is 0 Å². The smallest absolute Gasteiger partial charge is 0.170 e. The number of nitrogens with two attached hydrogens (primary N) is 1. The fraction of sp³-hybridized carbons (Fsp3) is 0.158. The van der Waals surface area contributed by atoms with Crippen LogP contribution in [0, 0.1) is 0 Å². The molecular weight excluding hydrogens is 300 g/mol. The summed E-state index contributed by atoms with van der Waals surface area (Å²) in [5.74, 6) is 1.69. The molecule has 1 atom stereocenters. The number of aromatic nitrogens is 2. The molecule has 0 spiro atoms. The van der Waals surface area contributed by atoms with Gasteiger partial charge in [-0.2, -0.15) is 0 Å². The number of hydrogen-bond acceptors (Lipinski definition) is 5. The van der Waals surface area contributed by atoms with Crippen LogP contribution in [0.5, 0.6) is 5.75 Å². The lowest BCUT2D eigenvalue weighted by Gasteiger charge is -2.17. The number of nitrogen functional groups attached to an aromatic ring is 1. The molecule has 0 radical (unpaired) electrons. The van der Waals surface area contributed by atoms with Gasteiger partial charge in [0, 0.05) is 5.56 Å². The Labute approximate surface area is 141 Å². The number of methoxy groups -OCH3 is 1. The van der Waals surface area contributed by atoms with E-state index in [2.05, 4.69) is 34.3 Å². The van der Waals surface area contributed by atoms with Gasteiger partial charge in [-0.15, -0.1) is 0 Å². The lowest BCUT2D eigenvalue weighted by Crippen LogP contribution is -2.11. The Kier molecular flexibility index (Phi) is 4.61. The highest BCUT2D eigenvalue weighted by Gasteiger charge is 2.13. The molecule has 5 nitrogen and oxygen atoms in total. The van der Waals surface area contributed by atoms with Crippen LogP contribution < -0.4 is 15.8 Å². The van der Waals surface area contributed by atoms with Crippen LogP contribution in [-0.4, -0.2) is 17.1 Å². The van der Waals surface area contributed by atoms with Crippen LogP contribution >= 0.6 is 0 Å². The summed E-state index contributed by atoms with van der Waals surface area (Å²) in [4.78, 5) is 8.91. The molecule has 5 heteroatoms. The molecule has 0 aliphatic heterocycles. The van der Waals surface area contributed by atoms with Crippen molar-refractivity contribution in [1.29, 1.82) is 0 Å². The number of benzene rings is 2. The van der Waals surface area contributed by atoms with Crippen molar-refractivity contribution in [3.63, 3.8) is 0 Å². The normalized spacial score (nSPS) is 11.8. The van der Waals surface area contributed by atoms with E-state index in [1.165, 1.54) is 0 Å². The number of hydrogen-bond donors (Lipinski definition) is 2. The maximum atomic E-state index is 6.00. The van der Waals surface area contributed by atoms with Gasteiger partial charge in [0.15, 0.2) is 11.6 Å². The third-order valence-electron chi connectivity index (χ3n) is 3.84. The Morgan fingerprint density at radius 1 is 1.04 bits per heavy atom. The topological polar surface area (TPSA) is 73.1 Å². The van der Waals surface area contributed by atoms with Gasteiger partial charge < -0.3 is 15.8 Å². The molecule has 0 fully saturated rings. The van der Waals surface area contributed by atoms with Crippen molar-refractivity contribution < 1.29 is 4.74 Å². The molecule has 3 N–H and O–H groups in total. The molecule has 0 bridgehead atoms. The minimum atomic E-state index is 0.0655. The fourth-order valence-electron chi connectivity index (χ4n) is 2.52. The van der Waals surface area contributed by atoms with Crippen LogP contribution in [0.1, 0.15) is 18.5 Å². The first-order valence-corrected chi connectivity index (χ1v) is 7.76. The molecule has 0 aliphatic rings. The van der Waals surface area contributed by atoms with Gasteiger partial charge in [0.1, 0.15) is 5.75 Å². The molecular formula is C19H20N4O. The number of rotatable bonds is 5. The summed E-state index contributed by atoms with van der Waals surface area (Å²) in [6.45, 7) is 2.06. The zero-order chi connectivity index (χ0) is 16.9. The summed E-state index contributed by atoms with van der Waals surface area (Å²) in [6.07, 6.45) is 1.66. The fourth-order valence-corrected chi connectivity index (χ4v) is 2.52. The van der Waals surface area contributed by atoms with Crippen LogP contribution in [0.15, 0.2) is 60.8 Å². The molecule has 0 saturated heterocycles. The third-order valence-corrected chi connectivity index (χ3v) is 3.84. The van der Waals surface area contributed by atoms with Gasteiger partial charge in [-0.25, -0.2) is 9.97 Å². The van der Waals surface area contributed by atoms with Crippen molar-refractivity contribution in [3.05, 3.63) is 66.4 Å². The van der Waals surface area contributed by atoms with E-state index in [-0.39, 0.29) is 6.04 Å². The number of para-hydroxylation sites is 1. The predicted octanol–water partition coefficient (Wildman–Crippen LogP) is 3.91. The second-order valence-corrected chi connectivity index (χ2v) is 5.47. The first-order valence-electron chi connectivity index (χ1n) is 7.76. The minimum absolute atomic E-state index is 0.0655. The first kappa shape index (κ1) is 15.8. The predicted molar refractivity (Wildman–Crippen MR) is 96.9 cm³/mol. The van der Waals surface area contributed by atoms with Crippen molar-refractivity contribution in [3.8, 4) is 17.0 Å². The Balaban J connectivity index is 1.92. The molecule has 0 unspecified atom stereocenters. The molecule has 0 amide bonds. The summed E-state index contributed by atoms with van der Waals surface area (Å²) in [5.41, 5.74) is 8.74. The average molecular weight is 320 g/mol. The van der Waals surface area contributed by atoms with Gasteiger partial charge in [-0.3, -0.25) is 0 Å². The SMILES string of the molecule is COc1ccccc1-c1cnc(N)c(N[C@@H](C)c2ccccc2)n1. The second-order valence-electron chi connectivity index (χ2n) is 5.47. The van der Waals surface area contributed by atoms with Gasteiger partial charge in [0.25, 0.3) is 0 Å². The molecule has 24 heavy (non-hydrogen) atoms. The minimum Gasteiger partial charge on any atom is -0.496 e. The Hall–Kier alpha value is -3.08. The molecule has 1 aromatic heterocycles. The molecule has 122 valence electrons. The van der Waals surface area contributed by atoms with E-state index in [0.717, 1.165) is 16.9 Å². The van der Waals surface area contributed by atoms with Crippen molar-refractivity contribution >= 4 is 11.6 Å². The molecule has 3 rings (SSSR count). The highest BCUT2D eigenvalue weighted by molar-refractivity contribution is 5.70. The van der Waals surface area contributed by atoms with Gasteiger partial charge in [-0.05, 0) is 24.6 Å². The lowest BCUT2D eigenvalue weighted by atomic mass is 10.1. The van der Waals surface area contributed by atoms with Crippen molar-refractivity contribution in [2.24, 2.45) is 0 Å². The maximum Gasteiger partial charge on any atom is 0.170 e. The summed E-state index contributed by atoms with van der Waals surface area (Å²) in [6, 6.07) is 17.9. The Morgan fingerprint density at radius 2 is 1.75 bits per heavy atom. The van der Waals surface area contributed by atoms with E-state index in [1.54, 1.807) is 13.3 Å². The Morgan fingerprint density at radius 3 is 2.50 bits per heavy atom. The zero-order valence-electron chi connectivity index (χ0n) is 13.7. The van der Waals surface area contributed by atoms with Crippen molar-refractivity contribution in [2.45, 2.75) is 13.0 Å². The maximum absolute atomic E-state index is 6.00. The molecule has 0 saturated carbocycles. The molecule has 0 aliphatic carbocycles. The number of nitrogens with zero attached hydrogens (tertiary/aromatic N) is 2. The van der Waals surface area contributed by atoms with Gasteiger partial charge in [0.05, 0.1) is 25.0 Å². The molecule has 3 aromatic rings. The van der Waals surface area contributed by atoms with Crippen LogP contribution in [0.4, 0.5) is 11.6 Å². The summed E-state index contributed by atoms with van der Waals surface area (Å²) in [5, 5.41) is 3.33. The van der Waals surface area contributed by atoms with Crippen LogP contribution in [-0.2, 0) is 0 Å². The van der Waals surface area contributed by atoms with E-state index >= 15 is 0 Å². The summed E-state index contributed by atoms with van der Waals surface area (Å²) >= 11 is 0. The van der Waals surface area contributed by atoms with E-state index in [9.17, 15) is 0 Å². The average Bonchev–Trinajstić information content (AvgIpc) is 2.64. The number of nitrogens with one attached hydrogen (secondary N) is 1. The second kappa shape index (κ2) is 7.00. The van der Waals surface area contributed by atoms with E-state index in [0.29, 0.717) is 17.3 Å². The van der Waals surface area contributed by atoms with Crippen LogP contribution in [0.3, 0.4) is 0 Å². The lowest BCUT2D eigenvalue weighted by molar-refractivity contribution is 0.416. The Bertz CT molecular complexity index is 821.